The van der Waals surface area contributed by atoms with E-state index in [0.717, 1.165) is 5.92 Å². The van der Waals surface area contributed by atoms with Crippen LogP contribution in [0.25, 0.3) is 0 Å². The lowest BCUT2D eigenvalue weighted by atomic mass is 9.82. The fourth-order valence-corrected chi connectivity index (χ4v) is 2.46. The first-order chi connectivity index (χ1) is 7.25. The van der Waals surface area contributed by atoms with Gasteiger partial charge in [0.1, 0.15) is 0 Å². The van der Waals surface area contributed by atoms with Gasteiger partial charge in [0.15, 0.2) is 0 Å². The maximum absolute atomic E-state index is 2.30. The van der Waals surface area contributed by atoms with Crippen molar-refractivity contribution in [1.82, 2.24) is 4.90 Å². The van der Waals surface area contributed by atoms with Crippen molar-refractivity contribution in [2.45, 2.75) is 25.7 Å². The first-order valence-electron chi connectivity index (χ1n) is 5.97. The molecule has 2 rings (SSSR count). The van der Waals surface area contributed by atoms with Crippen LogP contribution in [-0.4, -0.2) is 31.0 Å². The Morgan fingerprint density at radius 1 is 1.18 bits per heavy atom. The van der Waals surface area contributed by atoms with Gasteiger partial charge in [0.25, 0.3) is 0 Å². The second kappa shape index (κ2) is 7.70. The van der Waals surface area contributed by atoms with Gasteiger partial charge in [-0.2, -0.15) is 0 Å². The molecule has 1 unspecified atom stereocenters. The van der Waals surface area contributed by atoms with E-state index in [9.17, 15) is 0 Å². The average molecular weight is 258 g/mol. The summed E-state index contributed by atoms with van der Waals surface area (Å²) in [6, 6.07) is 8.93. The van der Waals surface area contributed by atoms with E-state index in [1.54, 1.807) is 11.1 Å². The summed E-state index contributed by atoms with van der Waals surface area (Å²) in [7, 11) is 4.33. The van der Waals surface area contributed by atoms with Gasteiger partial charge < -0.3 is 10.4 Å². The Morgan fingerprint density at radius 3 is 2.47 bits per heavy atom. The highest BCUT2D eigenvalue weighted by Gasteiger charge is 2.17. The van der Waals surface area contributed by atoms with E-state index >= 15 is 0 Å². The molecule has 0 heterocycles. The molecule has 0 fully saturated rings. The molecular weight excluding hydrogens is 234 g/mol. The quantitative estimate of drug-likeness (QED) is 0.819. The molecule has 0 bridgehead atoms. The van der Waals surface area contributed by atoms with Crippen LogP contribution >= 0.6 is 12.4 Å². The predicted molar refractivity (Wildman–Crippen MR) is 76.0 cm³/mol. The number of aryl methyl sites for hydroxylation is 1. The molecule has 3 heteroatoms. The third-order valence-corrected chi connectivity index (χ3v) is 3.43. The van der Waals surface area contributed by atoms with E-state index in [1.807, 2.05) is 0 Å². The normalized spacial score (nSPS) is 17.9. The zero-order chi connectivity index (χ0) is 10.7. The van der Waals surface area contributed by atoms with Crippen LogP contribution in [0.15, 0.2) is 24.3 Å². The molecule has 1 aliphatic carbocycles. The second-order valence-corrected chi connectivity index (χ2v) is 4.97. The SMILES string of the molecule is CN(C)CCC1CCc2ccccc2C1.Cl.O. The molecule has 98 valence electrons. The average Bonchev–Trinajstić information content (AvgIpc) is 2.26. The van der Waals surface area contributed by atoms with Gasteiger partial charge >= 0.3 is 0 Å². The molecule has 1 atom stereocenters. The maximum atomic E-state index is 2.30. The lowest BCUT2D eigenvalue weighted by Crippen LogP contribution is -2.21. The number of benzene rings is 1. The van der Waals surface area contributed by atoms with E-state index < -0.39 is 0 Å². The minimum absolute atomic E-state index is 0. The zero-order valence-electron chi connectivity index (χ0n) is 10.8. The summed E-state index contributed by atoms with van der Waals surface area (Å²) in [5.74, 6) is 0.905. The Hall–Kier alpha value is -0.570. The van der Waals surface area contributed by atoms with Crippen molar-refractivity contribution < 1.29 is 5.48 Å². The highest BCUT2D eigenvalue weighted by molar-refractivity contribution is 5.85. The number of nitrogens with zero attached hydrogens (tertiary/aromatic N) is 1. The Labute approximate surface area is 111 Å². The molecule has 17 heavy (non-hydrogen) atoms. The van der Waals surface area contributed by atoms with Crippen LogP contribution < -0.4 is 0 Å². The third kappa shape index (κ3) is 4.66. The molecule has 1 aromatic rings. The molecule has 2 nitrogen and oxygen atoms in total. The van der Waals surface area contributed by atoms with Gasteiger partial charge in [-0.25, -0.2) is 0 Å². The highest BCUT2D eigenvalue weighted by atomic mass is 35.5. The molecule has 0 amide bonds. The summed E-state index contributed by atoms with van der Waals surface area (Å²) in [5.41, 5.74) is 3.17. The molecule has 1 aromatic carbocycles. The largest absolute Gasteiger partial charge is 0.412 e. The summed E-state index contributed by atoms with van der Waals surface area (Å²) in [5, 5.41) is 0. The number of fused-ring (bicyclic) bond motifs is 1. The van der Waals surface area contributed by atoms with Crippen LogP contribution in [0.5, 0.6) is 0 Å². The van der Waals surface area contributed by atoms with Gasteiger partial charge in [-0.15, -0.1) is 12.4 Å². The van der Waals surface area contributed by atoms with Crippen LogP contribution in [0, 0.1) is 5.92 Å². The van der Waals surface area contributed by atoms with Gasteiger partial charge in [0.05, 0.1) is 0 Å². The zero-order valence-corrected chi connectivity index (χ0v) is 11.6. The Bertz CT molecular complexity index is 328. The van der Waals surface area contributed by atoms with E-state index in [0.29, 0.717) is 0 Å². The highest BCUT2D eigenvalue weighted by Crippen LogP contribution is 2.27. The van der Waals surface area contributed by atoms with Gasteiger partial charge in [0, 0.05) is 0 Å². The number of rotatable bonds is 3. The monoisotopic (exact) mass is 257 g/mol. The maximum Gasteiger partial charge on any atom is -0.00221 e. The number of halogens is 1. The lowest BCUT2D eigenvalue weighted by molar-refractivity contribution is 0.331. The molecule has 1 aliphatic rings. The summed E-state index contributed by atoms with van der Waals surface area (Å²) in [6.07, 6.45) is 5.31. The summed E-state index contributed by atoms with van der Waals surface area (Å²) < 4.78 is 0. The summed E-state index contributed by atoms with van der Waals surface area (Å²) in [4.78, 5) is 2.29. The van der Waals surface area contributed by atoms with Crippen molar-refractivity contribution in [3.63, 3.8) is 0 Å². The Morgan fingerprint density at radius 2 is 1.82 bits per heavy atom. The van der Waals surface area contributed by atoms with Crippen molar-refractivity contribution in [3.8, 4) is 0 Å². The molecule has 2 N–H and O–H groups in total. The standard InChI is InChI=1S/C14H21N.ClH.H2O/c1-15(2)10-9-12-7-8-13-5-3-4-6-14(13)11-12;;/h3-6,12H,7-11H2,1-2H3;1H;1H2. The summed E-state index contributed by atoms with van der Waals surface area (Å²) in [6.45, 7) is 1.23. The molecular formula is C14H24ClNO. The fraction of sp³-hybridized carbons (Fsp3) is 0.571. The minimum atomic E-state index is 0. The van der Waals surface area contributed by atoms with Crippen molar-refractivity contribution in [1.29, 1.82) is 0 Å². The van der Waals surface area contributed by atoms with E-state index in [1.165, 1.54) is 32.2 Å². The molecule has 0 saturated carbocycles. The smallest absolute Gasteiger partial charge is 0.00221 e. The molecule has 0 spiro atoms. The second-order valence-electron chi connectivity index (χ2n) is 4.97. The van der Waals surface area contributed by atoms with Gasteiger partial charge in [-0.05, 0) is 63.4 Å². The lowest BCUT2D eigenvalue weighted by Gasteiger charge is -2.25. The predicted octanol–water partition coefficient (Wildman–Crippen LogP) is 2.34. The van der Waals surface area contributed by atoms with E-state index in [-0.39, 0.29) is 17.9 Å². The van der Waals surface area contributed by atoms with Gasteiger partial charge in [-0.1, -0.05) is 24.3 Å². The van der Waals surface area contributed by atoms with Crippen molar-refractivity contribution >= 4 is 12.4 Å². The fourth-order valence-electron chi connectivity index (χ4n) is 2.46. The van der Waals surface area contributed by atoms with Crippen LogP contribution in [-0.2, 0) is 12.8 Å². The summed E-state index contributed by atoms with van der Waals surface area (Å²) >= 11 is 0. The molecule has 0 aromatic heterocycles. The van der Waals surface area contributed by atoms with Crippen LogP contribution in [0.1, 0.15) is 24.0 Å². The number of hydrogen-bond acceptors (Lipinski definition) is 1. The minimum Gasteiger partial charge on any atom is -0.412 e. The van der Waals surface area contributed by atoms with Crippen LogP contribution in [0.3, 0.4) is 0 Å². The van der Waals surface area contributed by atoms with Crippen molar-refractivity contribution in [3.05, 3.63) is 35.4 Å². The van der Waals surface area contributed by atoms with Crippen molar-refractivity contribution in [2.75, 3.05) is 20.6 Å². The first kappa shape index (κ1) is 16.4. The first-order valence-corrected chi connectivity index (χ1v) is 5.97. The van der Waals surface area contributed by atoms with Crippen LogP contribution in [0.2, 0.25) is 0 Å². The van der Waals surface area contributed by atoms with E-state index in [4.69, 9.17) is 0 Å². The number of hydrogen-bond donors (Lipinski definition) is 0. The van der Waals surface area contributed by atoms with Crippen LogP contribution in [0.4, 0.5) is 0 Å². The van der Waals surface area contributed by atoms with Gasteiger partial charge in [-0.3, -0.25) is 0 Å². The van der Waals surface area contributed by atoms with E-state index in [2.05, 4.69) is 43.3 Å². The van der Waals surface area contributed by atoms with Gasteiger partial charge in [0.2, 0.25) is 0 Å². The topological polar surface area (TPSA) is 34.7 Å². The molecule has 0 saturated heterocycles. The molecule has 0 aliphatic heterocycles. The third-order valence-electron chi connectivity index (χ3n) is 3.43. The van der Waals surface area contributed by atoms with Crippen molar-refractivity contribution in [2.24, 2.45) is 5.92 Å². The Kier molecular flexibility index (Phi) is 7.44. The molecule has 0 radical (unpaired) electrons. The Balaban J connectivity index is 0.00000128.